The second kappa shape index (κ2) is 9.11. The third kappa shape index (κ3) is 4.53. The number of carbonyl (C=O) groups is 1. The molecule has 1 aliphatic heterocycles. The number of nitrogens with zero attached hydrogens (tertiary/aromatic N) is 5. The molecule has 1 N–H and O–H groups in total. The molecule has 4 rings (SSSR count). The number of aromatic nitrogens is 4. The number of amides is 1. The van der Waals surface area contributed by atoms with Gasteiger partial charge in [-0.15, -0.1) is 0 Å². The number of ether oxygens (including phenoxy) is 1. The van der Waals surface area contributed by atoms with Gasteiger partial charge in [0.05, 0.1) is 6.61 Å². The van der Waals surface area contributed by atoms with Crippen LogP contribution < -0.4 is 15.0 Å². The van der Waals surface area contributed by atoms with E-state index < -0.39 is 0 Å². The molecule has 158 valence electrons. The van der Waals surface area contributed by atoms with Crippen molar-refractivity contribution in [1.82, 2.24) is 19.6 Å². The van der Waals surface area contributed by atoms with Crippen molar-refractivity contribution < 1.29 is 9.53 Å². The molecule has 8 nitrogen and oxygen atoms in total. The van der Waals surface area contributed by atoms with Crippen molar-refractivity contribution in [3.8, 4) is 5.75 Å². The molecular formula is C22H28N6O2. The number of unbranched alkanes of at least 4 members (excludes halogenated alkanes) is 1. The zero-order chi connectivity index (χ0) is 20.9. The van der Waals surface area contributed by atoms with E-state index in [2.05, 4.69) is 32.2 Å². The van der Waals surface area contributed by atoms with Gasteiger partial charge in [0.2, 0.25) is 5.91 Å². The summed E-state index contributed by atoms with van der Waals surface area (Å²) in [5.74, 6) is 2.49. The molecule has 1 saturated heterocycles. The van der Waals surface area contributed by atoms with Crippen LogP contribution in [-0.2, 0) is 4.79 Å². The fourth-order valence-electron chi connectivity index (χ4n) is 3.72. The Hall–Kier alpha value is -3.16. The van der Waals surface area contributed by atoms with E-state index in [1.165, 1.54) is 6.33 Å². The molecular weight excluding hydrogens is 380 g/mol. The van der Waals surface area contributed by atoms with Crippen LogP contribution in [0, 0.1) is 12.8 Å². The summed E-state index contributed by atoms with van der Waals surface area (Å²) < 4.78 is 7.44. The van der Waals surface area contributed by atoms with E-state index >= 15 is 0 Å². The number of piperidine rings is 1. The molecule has 3 aromatic rings. The molecule has 3 heterocycles. The van der Waals surface area contributed by atoms with Crippen LogP contribution in [0.2, 0.25) is 0 Å². The molecule has 0 unspecified atom stereocenters. The average molecular weight is 409 g/mol. The van der Waals surface area contributed by atoms with Crippen molar-refractivity contribution >= 4 is 23.2 Å². The Morgan fingerprint density at radius 2 is 2.00 bits per heavy atom. The van der Waals surface area contributed by atoms with Crippen LogP contribution in [-0.4, -0.2) is 45.2 Å². The van der Waals surface area contributed by atoms with Gasteiger partial charge >= 0.3 is 0 Å². The van der Waals surface area contributed by atoms with Crippen LogP contribution in [0.4, 0.5) is 11.5 Å². The number of rotatable bonds is 7. The normalized spacial score (nSPS) is 14.8. The topological polar surface area (TPSA) is 84.6 Å². The van der Waals surface area contributed by atoms with E-state index in [0.717, 1.165) is 68.3 Å². The first-order valence-corrected chi connectivity index (χ1v) is 10.6. The Balaban J connectivity index is 1.32. The second-order valence-electron chi connectivity index (χ2n) is 7.70. The van der Waals surface area contributed by atoms with Crippen molar-refractivity contribution in [2.24, 2.45) is 5.92 Å². The lowest BCUT2D eigenvalue weighted by molar-refractivity contribution is -0.120. The lowest BCUT2D eigenvalue weighted by Crippen LogP contribution is -2.39. The maximum Gasteiger partial charge on any atom is 0.254 e. The van der Waals surface area contributed by atoms with Crippen LogP contribution in [0.3, 0.4) is 0 Å². The van der Waals surface area contributed by atoms with E-state index in [1.807, 2.05) is 37.3 Å². The summed E-state index contributed by atoms with van der Waals surface area (Å²) >= 11 is 0. The number of carbonyl (C=O) groups excluding carboxylic acids is 1. The molecule has 0 aliphatic carbocycles. The zero-order valence-corrected chi connectivity index (χ0v) is 17.5. The number of anilines is 2. The van der Waals surface area contributed by atoms with Gasteiger partial charge in [0, 0.05) is 36.5 Å². The van der Waals surface area contributed by atoms with Crippen molar-refractivity contribution in [3.63, 3.8) is 0 Å². The number of hydrogen-bond donors (Lipinski definition) is 1. The third-order valence-corrected chi connectivity index (χ3v) is 5.44. The summed E-state index contributed by atoms with van der Waals surface area (Å²) in [7, 11) is 0. The molecule has 8 heteroatoms. The molecule has 0 saturated carbocycles. The number of nitrogens with one attached hydrogen (secondary N) is 1. The molecule has 2 aromatic heterocycles. The first-order valence-electron chi connectivity index (χ1n) is 10.6. The van der Waals surface area contributed by atoms with Gasteiger partial charge in [-0.3, -0.25) is 4.79 Å². The fraction of sp³-hybridized carbons (Fsp3) is 0.455. The summed E-state index contributed by atoms with van der Waals surface area (Å²) in [5.41, 5.74) is 1.71. The highest BCUT2D eigenvalue weighted by molar-refractivity contribution is 5.92. The third-order valence-electron chi connectivity index (χ3n) is 5.44. The van der Waals surface area contributed by atoms with Crippen molar-refractivity contribution in [2.75, 3.05) is 29.9 Å². The summed E-state index contributed by atoms with van der Waals surface area (Å²) in [4.78, 5) is 23.6. The SMILES string of the molecule is CCCCOc1ccc(NC(=O)C2CCN(c3cc(C)nc4ncnn34)CC2)cc1. The van der Waals surface area contributed by atoms with E-state index in [4.69, 9.17) is 4.74 Å². The Bertz CT molecular complexity index is 993. The minimum absolute atomic E-state index is 0.00379. The highest BCUT2D eigenvalue weighted by Crippen LogP contribution is 2.25. The lowest BCUT2D eigenvalue weighted by atomic mass is 9.95. The molecule has 30 heavy (non-hydrogen) atoms. The van der Waals surface area contributed by atoms with Crippen molar-refractivity contribution in [3.05, 3.63) is 42.4 Å². The first kappa shape index (κ1) is 20.1. The minimum atomic E-state index is -0.00379. The van der Waals surface area contributed by atoms with Gasteiger partial charge in [-0.25, -0.2) is 4.98 Å². The highest BCUT2D eigenvalue weighted by atomic mass is 16.5. The number of fused-ring (bicyclic) bond motifs is 1. The lowest BCUT2D eigenvalue weighted by Gasteiger charge is -2.32. The predicted octanol–water partition coefficient (Wildman–Crippen LogP) is 3.47. The largest absolute Gasteiger partial charge is 0.494 e. The molecule has 0 radical (unpaired) electrons. The Kier molecular flexibility index (Phi) is 6.11. The van der Waals surface area contributed by atoms with Crippen LogP contribution in [0.1, 0.15) is 38.3 Å². The Morgan fingerprint density at radius 1 is 1.23 bits per heavy atom. The molecule has 0 bridgehead atoms. The first-order chi connectivity index (χ1) is 14.6. The molecule has 0 spiro atoms. The maximum absolute atomic E-state index is 12.7. The summed E-state index contributed by atoms with van der Waals surface area (Å²) in [6.07, 6.45) is 5.25. The van der Waals surface area contributed by atoms with Gasteiger partial charge in [0.15, 0.2) is 0 Å². The standard InChI is InChI=1S/C22H28N6O2/c1-3-4-13-30-19-7-5-18(6-8-19)26-21(29)17-9-11-27(12-10-17)20-14-16(2)25-22-23-15-24-28(20)22/h5-8,14-15,17H,3-4,9-13H2,1-2H3,(H,26,29). The molecule has 1 aliphatic rings. The van der Waals surface area contributed by atoms with Crippen LogP contribution in [0.15, 0.2) is 36.7 Å². The predicted molar refractivity (Wildman–Crippen MR) is 116 cm³/mol. The monoisotopic (exact) mass is 408 g/mol. The average Bonchev–Trinajstić information content (AvgIpc) is 3.23. The molecule has 1 amide bonds. The van der Waals surface area contributed by atoms with Crippen LogP contribution >= 0.6 is 0 Å². The maximum atomic E-state index is 12.7. The fourth-order valence-corrected chi connectivity index (χ4v) is 3.72. The van der Waals surface area contributed by atoms with Crippen LogP contribution in [0.25, 0.3) is 5.78 Å². The Morgan fingerprint density at radius 3 is 2.73 bits per heavy atom. The molecule has 1 fully saturated rings. The summed E-state index contributed by atoms with van der Waals surface area (Å²) in [6, 6.07) is 9.63. The van der Waals surface area contributed by atoms with Crippen molar-refractivity contribution in [1.29, 1.82) is 0 Å². The number of benzene rings is 1. The van der Waals surface area contributed by atoms with E-state index in [0.29, 0.717) is 5.78 Å². The minimum Gasteiger partial charge on any atom is -0.494 e. The van der Waals surface area contributed by atoms with Crippen molar-refractivity contribution in [2.45, 2.75) is 39.5 Å². The zero-order valence-electron chi connectivity index (χ0n) is 17.5. The van der Waals surface area contributed by atoms with Gasteiger partial charge in [0.1, 0.15) is 17.9 Å². The molecule has 0 atom stereocenters. The van der Waals surface area contributed by atoms with Crippen LogP contribution in [0.5, 0.6) is 5.75 Å². The summed E-state index contributed by atoms with van der Waals surface area (Å²) in [6.45, 7) is 6.40. The number of hydrogen-bond acceptors (Lipinski definition) is 6. The number of aryl methyl sites for hydroxylation is 1. The van der Waals surface area contributed by atoms with E-state index in [1.54, 1.807) is 4.52 Å². The second-order valence-corrected chi connectivity index (χ2v) is 7.70. The van der Waals surface area contributed by atoms with Gasteiger partial charge in [0.25, 0.3) is 5.78 Å². The van der Waals surface area contributed by atoms with Gasteiger partial charge in [-0.1, -0.05) is 13.3 Å². The van der Waals surface area contributed by atoms with Gasteiger partial charge < -0.3 is 15.0 Å². The van der Waals surface area contributed by atoms with E-state index in [9.17, 15) is 4.79 Å². The van der Waals surface area contributed by atoms with E-state index in [-0.39, 0.29) is 11.8 Å². The smallest absolute Gasteiger partial charge is 0.254 e. The highest BCUT2D eigenvalue weighted by Gasteiger charge is 2.26. The van der Waals surface area contributed by atoms with Gasteiger partial charge in [-0.05, 0) is 50.5 Å². The summed E-state index contributed by atoms with van der Waals surface area (Å²) in [5, 5.41) is 7.33. The Labute approximate surface area is 176 Å². The van der Waals surface area contributed by atoms with Gasteiger partial charge in [-0.2, -0.15) is 14.6 Å². The quantitative estimate of drug-likeness (QED) is 0.603. The molecule has 1 aromatic carbocycles.